The van der Waals surface area contributed by atoms with Crippen molar-refractivity contribution in [3.63, 3.8) is 0 Å². The molecule has 2 amide bonds. The lowest BCUT2D eigenvalue weighted by molar-refractivity contribution is 0.0472. The highest BCUT2D eigenvalue weighted by Crippen LogP contribution is 2.46. The molecule has 1 aliphatic heterocycles. The molecule has 10 nitrogen and oxygen atoms in total. The van der Waals surface area contributed by atoms with E-state index >= 15 is 0 Å². The van der Waals surface area contributed by atoms with E-state index in [1.807, 2.05) is 30.3 Å². The Morgan fingerprint density at radius 2 is 1.30 bits per heavy atom. The van der Waals surface area contributed by atoms with E-state index in [1.165, 1.54) is 35.2 Å². The number of hydrogen-bond acceptors (Lipinski definition) is 8. The minimum Gasteiger partial charge on any atom is -0.457 e. The van der Waals surface area contributed by atoms with Gasteiger partial charge in [-0.2, -0.15) is 0 Å². The third kappa shape index (κ3) is 5.64. The van der Waals surface area contributed by atoms with Crippen molar-refractivity contribution < 1.29 is 28.7 Å². The number of fused-ring (bicyclic) bond motifs is 1. The summed E-state index contributed by atoms with van der Waals surface area (Å²) in [6, 6.07) is 26.1. The summed E-state index contributed by atoms with van der Waals surface area (Å²) < 4.78 is 5.47. The Labute approximate surface area is 326 Å². The maximum Gasteiger partial charge on any atom is 0.338 e. The fourth-order valence-corrected chi connectivity index (χ4v) is 9.57. The van der Waals surface area contributed by atoms with Crippen molar-refractivity contribution >= 4 is 56.7 Å². The van der Waals surface area contributed by atoms with Crippen LogP contribution in [0.1, 0.15) is 143 Å². The first-order valence-electron chi connectivity index (χ1n) is 19.7. The average molecular weight is 756 g/mol. The van der Waals surface area contributed by atoms with Crippen LogP contribution in [0.25, 0.3) is 21.7 Å². The van der Waals surface area contributed by atoms with E-state index in [0.29, 0.717) is 11.6 Å². The number of ether oxygens (including phenoxy) is 1. The molecule has 4 aliphatic rings. The second-order valence-electron chi connectivity index (χ2n) is 15.7. The van der Waals surface area contributed by atoms with Crippen molar-refractivity contribution in [3.05, 3.63) is 152 Å². The number of nitrogens with zero attached hydrogens (tertiary/aromatic N) is 2. The number of aromatic nitrogens is 2. The van der Waals surface area contributed by atoms with E-state index in [1.54, 1.807) is 12.1 Å². The van der Waals surface area contributed by atoms with Crippen molar-refractivity contribution in [3.8, 4) is 0 Å². The zero-order chi connectivity index (χ0) is 38.9. The zero-order valence-corrected chi connectivity index (χ0v) is 31.0. The molecule has 3 aliphatic carbocycles. The standard InChI is InChI=1S/C47H37N3O7/c51-41-32-18-20-34-39-35(46(55)50(45(34)54)37-23-28(26-10-4-5-11-26)14-16-30(37)27-12-6-7-13-27)21-19-33(38(32)39)42(52)40(41)43-48-36-22-29(15-17-31(36)44(53)49-43)47(56)57-24-25-8-2-1-3-9-25/h1-3,8-9,14-23,26-27,40H,4-7,10-13,24H2,(H,48,49,53). The summed E-state index contributed by atoms with van der Waals surface area (Å²) >= 11 is 0. The van der Waals surface area contributed by atoms with Crippen LogP contribution in [0.2, 0.25) is 0 Å². The summed E-state index contributed by atoms with van der Waals surface area (Å²) in [7, 11) is 0. The van der Waals surface area contributed by atoms with Gasteiger partial charge in [-0.25, -0.2) is 14.7 Å². The van der Waals surface area contributed by atoms with Gasteiger partial charge in [-0.3, -0.25) is 24.0 Å². The minimum absolute atomic E-state index is 0.0511. The highest BCUT2D eigenvalue weighted by Gasteiger charge is 2.44. The first kappa shape index (κ1) is 34.9. The third-order valence-electron chi connectivity index (χ3n) is 12.4. The highest BCUT2D eigenvalue weighted by atomic mass is 16.5. The molecule has 6 aromatic rings. The van der Waals surface area contributed by atoms with E-state index in [0.717, 1.165) is 68.1 Å². The van der Waals surface area contributed by atoms with E-state index < -0.39 is 40.8 Å². The average Bonchev–Trinajstić information content (AvgIpc) is 3.98. The van der Waals surface area contributed by atoms with Gasteiger partial charge >= 0.3 is 5.97 Å². The number of ketones is 2. The number of aromatic amines is 1. The number of benzene rings is 5. The molecule has 5 aromatic carbocycles. The summed E-state index contributed by atoms with van der Waals surface area (Å²) in [6.45, 7) is 0.0511. The number of esters is 1. The molecular weight excluding hydrogens is 719 g/mol. The molecule has 2 fully saturated rings. The summed E-state index contributed by atoms with van der Waals surface area (Å²) in [5.41, 5.74) is 4.07. The van der Waals surface area contributed by atoms with E-state index in [-0.39, 0.29) is 67.8 Å². The van der Waals surface area contributed by atoms with Crippen LogP contribution in [-0.2, 0) is 11.3 Å². The second kappa shape index (κ2) is 13.6. The van der Waals surface area contributed by atoms with Gasteiger partial charge in [-0.1, -0.05) is 68.1 Å². The summed E-state index contributed by atoms with van der Waals surface area (Å²) in [5, 5.41) is 0.698. The van der Waals surface area contributed by atoms with Crippen LogP contribution in [0, 0.1) is 0 Å². The molecule has 10 rings (SSSR count). The maximum atomic E-state index is 14.6. The van der Waals surface area contributed by atoms with Crippen molar-refractivity contribution in [2.24, 2.45) is 0 Å². The Balaban J connectivity index is 1.01. The Hall–Kier alpha value is -6.55. The van der Waals surface area contributed by atoms with Gasteiger partial charge in [0.2, 0.25) is 0 Å². The molecule has 0 spiro atoms. The molecule has 282 valence electrons. The molecule has 2 saturated carbocycles. The number of amides is 2. The number of H-pyrrole nitrogens is 1. The lowest BCUT2D eigenvalue weighted by atomic mass is 9.76. The minimum atomic E-state index is -1.50. The predicted molar refractivity (Wildman–Crippen MR) is 213 cm³/mol. The van der Waals surface area contributed by atoms with Crippen LogP contribution in [0.4, 0.5) is 5.69 Å². The van der Waals surface area contributed by atoms with Gasteiger partial charge in [-0.05, 0) is 103 Å². The van der Waals surface area contributed by atoms with Crippen molar-refractivity contribution in [1.29, 1.82) is 0 Å². The topological polar surface area (TPSA) is 144 Å². The fraction of sp³-hybridized carbons (Fsp3) is 0.255. The van der Waals surface area contributed by atoms with Crippen molar-refractivity contribution in [1.82, 2.24) is 9.97 Å². The van der Waals surface area contributed by atoms with Crippen LogP contribution in [-0.4, -0.2) is 39.3 Å². The molecular formula is C47H37N3O7. The number of rotatable bonds is 7. The van der Waals surface area contributed by atoms with Gasteiger partial charge in [0.1, 0.15) is 18.3 Å². The van der Waals surface area contributed by atoms with Gasteiger partial charge in [-0.15, -0.1) is 0 Å². The highest BCUT2D eigenvalue weighted by molar-refractivity contribution is 6.40. The second-order valence-corrected chi connectivity index (χ2v) is 15.7. The molecule has 0 atom stereocenters. The molecule has 1 aromatic heterocycles. The van der Waals surface area contributed by atoms with Gasteiger partial charge in [0.25, 0.3) is 17.4 Å². The molecule has 1 N–H and O–H groups in total. The van der Waals surface area contributed by atoms with Crippen LogP contribution in [0.15, 0.2) is 95.8 Å². The normalized spacial score (nSPS) is 17.4. The number of anilines is 1. The van der Waals surface area contributed by atoms with E-state index in [4.69, 9.17) is 4.74 Å². The Kier molecular flexibility index (Phi) is 8.32. The Bertz CT molecular complexity index is 2720. The Morgan fingerprint density at radius 3 is 1.96 bits per heavy atom. The zero-order valence-electron chi connectivity index (χ0n) is 31.0. The lowest BCUT2D eigenvalue weighted by Crippen LogP contribution is -2.42. The largest absolute Gasteiger partial charge is 0.457 e. The van der Waals surface area contributed by atoms with Gasteiger partial charge in [0.15, 0.2) is 11.6 Å². The Morgan fingerprint density at radius 1 is 0.684 bits per heavy atom. The summed E-state index contributed by atoms with van der Waals surface area (Å²) in [5.74, 6) is -3.87. The first-order chi connectivity index (χ1) is 27.8. The maximum absolute atomic E-state index is 14.6. The van der Waals surface area contributed by atoms with Gasteiger partial charge in [0.05, 0.1) is 22.2 Å². The molecule has 0 unspecified atom stereocenters. The fourth-order valence-electron chi connectivity index (χ4n) is 9.57. The quantitative estimate of drug-likeness (QED) is 0.0969. The van der Waals surface area contributed by atoms with Gasteiger partial charge < -0.3 is 9.72 Å². The molecule has 57 heavy (non-hydrogen) atoms. The van der Waals surface area contributed by atoms with E-state index in [9.17, 15) is 28.8 Å². The number of hydrogen-bond donors (Lipinski definition) is 1. The smallest absolute Gasteiger partial charge is 0.338 e. The lowest BCUT2D eigenvalue weighted by Gasteiger charge is -2.32. The van der Waals surface area contributed by atoms with Crippen molar-refractivity contribution in [2.75, 3.05) is 4.90 Å². The summed E-state index contributed by atoms with van der Waals surface area (Å²) in [4.78, 5) is 92.7. The predicted octanol–water partition coefficient (Wildman–Crippen LogP) is 8.71. The molecule has 2 heterocycles. The number of Topliss-reactive ketones (excluding diaryl/α,β-unsaturated/α-hetero) is 2. The monoisotopic (exact) mass is 755 g/mol. The molecule has 0 radical (unpaired) electrons. The van der Waals surface area contributed by atoms with Crippen LogP contribution >= 0.6 is 0 Å². The number of carbonyl (C=O) groups excluding carboxylic acids is 5. The third-order valence-corrected chi connectivity index (χ3v) is 12.4. The van der Waals surface area contributed by atoms with Gasteiger partial charge in [0, 0.05) is 33.0 Å². The first-order valence-corrected chi connectivity index (χ1v) is 19.7. The number of nitrogens with one attached hydrogen (secondary N) is 1. The number of imide groups is 1. The van der Waals surface area contributed by atoms with Crippen LogP contribution < -0.4 is 10.5 Å². The van der Waals surface area contributed by atoms with Crippen molar-refractivity contribution in [2.45, 2.75) is 75.7 Å². The SMILES string of the molecule is O=C(OCc1ccccc1)c1ccc2c(=O)[nH]c(C3C(=O)c4ccc5c6c(ccc(c46)C3=O)C(=O)N(c3cc(C4CCCC4)ccc3C3CCCC3)C5=O)nc2c1. The molecule has 10 heteroatoms. The van der Waals surface area contributed by atoms with E-state index in [2.05, 4.69) is 28.2 Å². The molecule has 0 bridgehead atoms. The summed E-state index contributed by atoms with van der Waals surface area (Å²) in [6.07, 6.45) is 8.66. The van der Waals surface area contributed by atoms with Crippen LogP contribution in [0.5, 0.6) is 0 Å². The number of carbonyl (C=O) groups is 5. The molecule has 0 saturated heterocycles. The van der Waals surface area contributed by atoms with Crippen LogP contribution in [0.3, 0.4) is 0 Å².